The van der Waals surface area contributed by atoms with Gasteiger partial charge >= 0.3 is 0 Å². The standard InChI is InChI=1S/C10H7BrCl2OS2/c1-14-5-2-7(15-4-5)9(11)6-3-8(12)16-10(6)13/h2-4,9H,1H3. The third-order valence-corrected chi connectivity index (χ3v) is 5.82. The van der Waals surface area contributed by atoms with Crippen LogP contribution in [0, 0.1) is 0 Å². The molecule has 1 nitrogen and oxygen atoms in total. The molecule has 86 valence electrons. The predicted octanol–water partition coefficient (Wildman–Crippen LogP) is 5.61. The van der Waals surface area contributed by atoms with Crippen LogP contribution in [-0.2, 0) is 0 Å². The first-order valence-electron chi connectivity index (χ1n) is 4.33. The molecule has 1 unspecified atom stereocenters. The van der Waals surface area contributed by atoms with E-state index in [2.05, 4.69) is 15.9 Å². The first-order chi connectivity index (χ1) is 7.61. The van der Waals surface area contributed by atoms with Crippen LogP contribution in [0.3, 0.4) is 0 Å². The molecule has 1 atom stereocenters. The van der Waals surface area contributed by atoms with E-state index in [-0.39, 0.29) is 4.83 Å². The van der Waals surface area contributed by atoms with Gasteiger partial charge in [-0.05, 0) is 12.1 Å². The Morgan fingerprint density at radius 1 is 1.38 bits per heavy atom. The second-order valence-corrected chi connectivity index (χ2v) is 7.18. The summed E-state index contributed by atoms with van der Waals surface area (Å²) in [6.45, 7) is 0. The van der Waals surface area contributed by atoms with Crippen LogP contribution in [0.4, 0.5) is 0 Å². The molecule has 0 saturated heterocycles. The van der Waals surface area contributed by atoms with Gasteiger partial charge < -0.3 is 4.74 Å². The highest BCUT2D eigenvalue weighted by molar-refractivity contribution is 9.09. The third-order valence-electron chi connectivity index (χ3n) is 2.04. The Bertz CT molecular complexity index is 495. The van der Waals surface area contributed by atoms with Crippen LogP contribution < -0.4 is 4.74 Å². The van der Waals surface area contributed by atoms with Crippen LogP contribution >= 0.6 is 61.8 Å². The number of alkyl halides is 1. The Hall–Kier alpha value is 0.260. The van der Waals surface area contributed by atoms with Gasteiger partial charge in [0.2, 0.25) is 0 Å². The van der Waals surface area contributed by atoms with E-state index in [0.717, 1.165) is 20.5 Å². The van der Waals surface area contributed by atoms with Gasteiger partial charge in [0, 0.05) is 15.8 Å². The van der Waals surface area contributed by atoms with E-state index in [4.69, 9.17) is 27.9 Å². The molecule has 0 saturated carbocycles. The Kier molecular flexibility index (Phi) is 4.19. The molecule has 2 aromatic heterocycles. The maximum Gasteiger partial charge on any atom is 0.129 e. The van der Waals surface area contributed by atoms with Crippen LogP contribution in [-0.4, -0.2) is 7.11 Å². The van der Waals surface area contributed by atoms with Crippen molar-refractivity contribution in [1.82, 2.24) is 0 Å². The molecule has 0 aromatic carbocycles. The minimum Gasteiger partial charge on any atom is -0.496 e. The van der Waals surface area contributed by atoms with Crippen LogP contribution in [0.1, 0.15) is 15.3 Å². The summed E-state index contributed by atoms with van der Waals surface area (Å²) in [5, 5.41) is 1.96. The van der Waals surface area contributed by atoms with Crippen molar-refractivity contribution in [2.24, 2.45) is 0 Å². The van der Waals surface area contributed by atoms with Gasteiger partial charge in [-0.15, -0.1) is 22.7 Å². The Labute approximate surface area is 120 Å². The van der Waals surface area contributed by atoms with Gasteiger partial charge in [-0.25, -0.2) is 0 Å². The molecular weight excluding hydrogens is 351 g/mol. The molecule has 2 heterocycles. The Morgan fingerprint density at radius 3 is 2.62 bits per heavy atom. The van der Waals surface area contributed by atoms with E-state index in [1.807, 2.05) is 17.5 Å². The normalized spacial score (nSPS) is 12.8. The van der Waals surface area contributed by atoms with E-state index in [1.54, 1.807) is 18.4 Å². The van der Waals surface area contributed by atoms with Gasteiger partial charge in [0.1, 0.15) is 5.75 Å². The smallest absolute Gasteiger partial charge is 0.129 e. The van der Waals surface area contributed by atoms with Gasteiger partial charge in [-0.3, -0.25) is 0 Å². The van der Waals surface area contributed by atoms with Crippen molar-refractivity contribution >= 4 is 61.8 Å². The quantitative estimate of drug-likeness (QED) is 0.648. The molecule has 0 bridgehead atoms. The predicted molar refractivity (Wildman–Crippen MR) is 76.0 cm³/mol. The highest BCUT2D eigenvalue weighted by Gasteiger charge is 2.18. The van der Waals surface area contributed by atoms with Crippen LogP contribution in [0.5, 0.6) is 5.75 Å². The van der Waals surface area contributed by atoms with Crippen LogP contribution in [0.25, 0.3) is 0 Å². The summed E-state index contributed by atoms with van der Waals surface area (Å²) in [5.41, 5.74) is 1.00. The fourth-order valence-electron chi connectivity index (χ4n) is 1.25. The maximum atomic E-state index is 6.11. The second-order valence-electron chi connectivity index (χ2n) is 3.03. The highest BCUT2D eigenvalue weighted by atomic mass is 79.9. The van der Waals surface area contributed by atoms with E-state index >= 15 is 0 Å². The molecule has 0 N–H and O–H groups in total. The number of methoxy groups -OCH3 is 1. The van der Waals surface area contributed by atoms with Crippen molar-refractivity contribution in [2.45, 2.75) is 4.83 Å². The average molecular weight is 358 g/mol. The van der Waals surface area contributed by atoms with Crippen molar-refractivity contribution in [1.29, 1.82) is 0 Å². The lowest BCUT2D eigenvalue weighted by Crippen LogP contribution is -1.87. The molecule has 0 aliphatic rings. The number of ether oxygens (including phenoxy) is 1. The molecule has 16 heavy (non-hydrogen) atoms. The number of hydrogen-bond donors (Lipinski definition) is 0. The highest BCUT2D eigenvalue weighted by Crippen LogP contribution is 2.43. The van der Waals surface area contributed by atoms with Crippen molar-refractivity contribution in [2.75, 3.05) is 7.11 Å². The first kappa shape index (κ1) is 12.7. The van der Waals surface area contributed by atoms with E-state index in [9.17, 15) is 0 Å². The lowest BCUT2D eigenvalue weighted by molar-refractivity contribution is 0.416. The number of rotatable bonds is 3. The summed E-state index contributed by atoms with van der Waals surface area (Å²) in [6, 6.07) is 3.88. The summed E-state index contributed by atoms with van der Waals surface area (Å²) in [5.74, 6) is 0.863. The van der Waals surface area contributed by atoms with Gasteiger partial charge in [0.15, 0.2) is 0 Å². The molecule has 0 radical (unpaired) electrons. The first-order valence-corrected chi connectivity index (χ1v) is 7.70. The van der Waals surface area contributed by atoms with Crippen molar-refractivity contribution in [3.8, 4) is 5.75 Å². The average Bonchev–Trinajstić information content (AvgIpc) is 2.84. The Morgan fingerprint density at radius 2 is 2.12 bits per heavy atom. The fourth-order valence-corrected chi connectivity index (χ4v) is 4.73. The van der Waals surface area contributed by atoms with Gasteiger partial charge in [0.25, 0.3) is 0 Å². The SMILES string of the molecule is COc1csc(C(Br)c2cc(Cl)sc2Cl)c1. The minimum absolute atomic E-state index is 0.0673. The molecule has 2 aromatic rings. The summed E-state index contributed by atoms with van der Waals surface area (Å²) in [6.07, 6.45) is 0. The molecule has 0 aliphatic heterocycles. The van der Waals surface area contributed by atoms with Crippen molar-refractivity contribution in [3.05, 3.63) is 36.6 Å². The fraction of sp³-hybridized carbons (Fsp3) is 0.200. The molecule has 6 heteroatoms. The van der Waals surface area contributed by atoms with E-state index in [1.165, 1.54) is 11.3 Å². The third kappa shape index (κ3) is 2.57. The molecule has 0 spiro atoms. The van der Waals surface area contributed by atoms with E-state index < -0.39 is 0 Å². The summed E-state index contributed by atoms with van der Waals surface area (Å²) in [7, 11) is 1.66. The molecule has 0 amide bonds. The van der Waals surface area contributed by atoms with Crippen LogP contribution in [0.2, 0.25) is 8.67 Å². The monoisotopic (exact) mass is 356 g/mol. The number of thiophene rings is 2. The maximum absolute atomic E-state index is 6.11. The lowest BCUT2D eigenvalue weighted by Gasteiger charge is -2.05. The topological polar surface area (TPSA) is 9.23 Å². The summed E-state index contributed by atoms with van der Waals surface area (Å²) >= 11 is 18.7. The second kappa shape index (κ2) is 5.27. The van der Waals surface area contributed by atoms with Crippen LogP contribution in [0.15, 0.2) is 17.5 Å². The lowest BCUT2D eigenvalue weighted by atomic mass is 10.2. The Balaban J connectivity index is 2.31. The summed E-state index contributed by atoms with van der Waals surface area (Å²) in [4.78, 5) is 1.21. The number of hydrogen-bond acceptors (Lipinski definition) is 3. The zero-order chi connectivity index (χ0) is 11.7. The zero-order valence-electron chi connectivity index (χ0n) is 8.17. The zero-order valence-corrected chi connectivity index (χ0v) is 12.9. The van der Waals surface area contributed by atoms with Gasteiger partial charge in [0.05, 0.1) is 20.6 Å². The van der Waals surface area contributed by atoms with Crippen molar-refractivity contribution in [3.63, 3.8) is 0 Å². The molecular formula is C10H7BrCl2OS2. The molecule has 2 rings (SSSR count). The van der Waals surface area contributed by atoms with Crippen molar-refractivity contribution < 1.29 is 4.74 Å². The largest absolute Gasteiger partial charge is 0.496 e. The molecule has 0 aliphatic carbocycles. The summed E-state index contributed by atoms with van der Waals surface area (Å²) < 4.78 is 6.57. The number of halogens is 3. The van der Waals surface area contributed by atoms with E-state index in [0.29, 0.717) is 4.34 Å². The molecule has 0 fully saturated rings. The van der Waals surface area contributed by atoms with Gasteiger partial charge in [-0.1, -0.05) is 39.1 Å². The van der Waals surface area contributed by atoms with Gasteiger partial charge in [-0.2, -0.15) is 0 Å². The minimum atomic E-state index is 0.0673.